The number of benzene rings is 2. The standard InChI is InChI=1S/C36H36N8O4/c1-42-16-22(17-42)21-4-7-28-29(12-21)39-30(15-38-28)27-18-43(41-33(27)20-2-3-20)24-10-19(11-24)14-37-23-5-6-25-26(13-23)36(48)44(35(25)47)31-8-9-32(45)40-34(31)46/h4-7,12-13,15,18-20,22,24,31,37H,2-3,8-11,14,16-17H2,1H3,(H,40,45,46). The van der Waals surface area contributed by atoms with Crippen molar-refractivity contribution in [2.75, 3.05) is 32.0 Å². The molecule has 0 spiro atoms. The average molecular weight is 645 g/mol. The van der Waals surface area contributed by atoms with Crippen molar-refractivity contribution in [2.45, 2.75) is 62.4 Å². The lowest BCUT2D eigenvalue weighted by Crippen LogP contribution is -2.54. The Morgan fingerprint density at radius 3 is 2.48 bits per heavy atom. The summed E-state index contributed by atoms with van der Waals surface area (Å²) in [4.78, 5) is 63.3. The van der Waals surface area contributed by atoms with E-state index in [9.17, 15) is 19.2 Å². The number of anilines is 1. The molecule has 1 unspecified atom stereocenters. The zero-order valence-corrected chi connectivity index (χ0v) is 26.7. The first-order chi connectivity index (χ1) is 23.3. The van der Waals surface area contributed by atoms with Gasteiger partial charge in [0.2, 0.25) is 11.8 Å². The van der Waals surface area contributed by atoms with Crippen LogP contribution >= 0.6 is 0 Å². The first-order valence-corrected chi connectivity index (χ1v) is 16.9. The summed E-state index contributed by atoms with van der Waals surface area (Å²) in [6, 6.07) is 10.9. The van der Waals surface area contributed by atoms with E-state index in [1.54, 1.807) is 18.2 Å². The number of aromatic nitrogens is 4. The largest absolute Gasteiger partial charge is 0.385 e. The number of imide groups is 2. The lowest BCUT2D eigenvalue weighted by atomic mass is 9.80. The van der Waals surface area contributed by atoms with E-state index >= 15 is 0 Å². The number of carbonyl (C=O) groups is 4. The third-order valence-electron chi connectivity index (χ3n) is 10.7. The summed E-state index contributed by atoms with van der Waals surface area (Å²) in [6.45, 7) is 2.88. The van der Waals surface area contributed by atoms with Crippen molar-refractivity contribution in [3.63, 3.8) is 0 Å². The first kappa shape index (κ1) is 29.2. The molecule has 4 aromatic rings. The summed E-state index contributed by atoms with van der Waals surface area (Å²) >= 11 is 0. The normalized spacial score (nSPS) is 24.4. The van der Waals surface area contributed by atoms with Crippen molar-refractivity contribution in [1.82, 2.24) is 34.9 Å². The minimum atomic E-state index is -0.970. The van der Waals surface area contributed by atoms with Gasteiger partial charge >= 0.3 is 0 Å². The van der Waals surface area contributed by atoms with Gasteiger partial charge in [-0.2, -0.15) is 5.10 Å². The van der Waals surface area contributed by atoms with Gasteiger partial charge in [0.15, 0.2) is 0 Å². The van der Waals surface area contributed by atoms with Gasteiger partial charge in [0.05, 0.1) is 45.8 Å². The van der Waals surface area contributed by atoms with Crippen molar-refractivity contribution in [2.24, 2.45) is 5.92 Å². The van der Waals surface area contributed by atoms with Crippen LogP contribution in [0.25, 0.3) is 22.3 Å². The molecule has 0 radical (unpaired) electrons. The fourth-order valence-electron chi connectivity index (χ4n) is 7.70. The maximum Gasteiger partial charge on any atom is 0.262 e. The van der Waals surface area contributed by atoms with Crippen LogP contribution in [0.4, 0.5) is 5.69 Å². The maximum absolute atomic E-state index is 13.2. The molecule has 12 nitrogen and oxygen atoms in total. The van der Waals surface area contributed by atoms with Crippen molar-refractivity contribution >= 4 is 40.3 Å². The van der Waals surface area contributed by atoms with Gasteiger partial charge in [-0.25, -0.2) is 4.98 Å². The summed E-state index contributed by atoms with van der Waals surface area (Å²) in [7, 11) is 2.15. The molecule has 2 aliphatic carbocycles. The zero-order chi connectivity index (χ0) is 32.7. The molecule has 2 N–H and O–H groups in total. The predicted molar refractivity (Wildman–Crippen MR) is 176 cm³/mol. The number of likely N-dealkylation sites (tertiary alicyclic amines) is 1. The van der Waals surface area contributed by atoms with Gasteiger partial charge in [-0.15, -0.1) is 0 Å². The molecule has 9 rings (SSSR count). The van der Waals surface area contributed by atoms with E-state index in [-0.39, 0.29) is 29.9 Å². The number of hydrogen-bond donors (Lipinski definition) is 2. The second-order valence-corrected chi connectivity index (χ2v) is 14.2. The minimum Gasteiger partial charge on any atom is -0.385 e. The molecule has 3 aliphatic heterocycles. The van der Waals surface area contributed by atoms with Crippen molar-refractivity contribution in [3.05, 3.63) is 71.2 Å². The summed E-state index contributed by atoms with van der Waals surface area (Å²) in [5, 5.41) is 10.8. The SMILES string of the molecule is CN1CC(c2ccc3ncc(-c4cn(C5CC(CNc6ccc7c(c6)C(=O)N(C6CCC(=O)NC6=O)C7=O)C5)nc4C4CC4)nc3c2)C1. The lowest BCUT2D eigenvalue weighted by Gasteiger charge is -2.36. The highest BCUT2D eigenvalue weighted by Crippen LogP contribution is 2.46. The molecule has 5 aliphatic rings. The van der Waals surface area contributed by atoms with Crippen LogP contribution in [0.5, 0.6) is 0 Å². The molecular weight excluding hydrogens is 608 g/mol. The second kappa shape index (κ2) is 11.0. The van der Waals surface area contributed by atoms with Crippen LogP contribution in [-0.2, 0) is 9.59 Å². The molecule has 2 saturated carbocycles. The van der Waals surface area contributed by atoms with Crippen molar-refractivity contribution in [1.29, 1.82) is 0 Å². The molecule has 2 aromatic heterocycles. The molecule has 12 heteroatoms. The van der Waals surface area contributed by atoms with E-state index in [0.717, 1.165) is 83.9 Å². The first-order valence-electron chi connectivity index (χ1n) is 16.9. The number of rotatable bonds is 8. The third-order valence-corrected chi connectivity index (χ3v) is 10.7. The molecule has 1 atom stereocenters. The molecule has 48 heavy (non-hydrogen) atoms. The monoisotopic (exact) mass is 644 g/mol. The zero-order valence-electron chi connectivity index (χ0n) is 26.7. The van der Waals surface area contributed by atoms with Crippen LogP contribution in [0.2, 0.25) is 0 Å². The Labute approximate surface area is 276 Å². The van der Waals surface area contributed by atoms with Crippen LogP contribution in [0.3, 0.4) is 0 Å². The Kier molecular flexibility index (Phi) is 6.72. The molecule has 2 saturated heterocycles. The Balaban J connectivity index is 0.860. The molecule has 244 valence electrons. The molecule has 4 fully saturated rings. The third kappa shape index (κ3) is 4.97. The summed E-state index contributed by atoms with van der Waals surface area (Å²) in [5.41, 5.74) is 7.59. The predicted octanol–water partition coefficient (Wildman–Crippen LogP) is 3.86. The fourth-order valence-corrected chi connectivity index (χ4v) is 7.70. The number of piperidine rings is 1. The number of carbonyl (C=O) groups excluding carboxylic acids is 4. The Morgan fingerprint density at radius 1 is 0.896 bits per heavy atom. The summed E-state index contributed by atoms with van der Waals surface area (Å²) in [6.07, 6.45) is 8.55. The van der Waals surface area contributed by atoms with Gasteiger partial charge in [-0.3, -0.25) is 39.1 Å². The topological polar surface area (TPSA) is 142 Å². The van der Waals surface area contributed by atoms with E-state index in [0.29, 0.717) is 23.8 Å². The summed E-state index contributed by atoms with van der Waals surface area (Å²) in [5.74, 6) is -0.526. The van der Waals surface area contributed by atoms with E-state index in [1.807, 2.05) is 6.20 Å². The Bertz CT molecular complexity index is 2020. The van der Waals surface area contributed by atoms with Crippen LogP contribution in [0, 0.1) is 5.92 Å². The molecular formula is C36H36N8O4. The highest BCUT2D eigenvalue weighted by Gasteiger charge is 2.45. The minimum absolute atomic E-state index is 0.0949. The molecule has 2 aromatic carbocycles. The van der Waals surface area contributed by atoms with Gasteiger partial charge in [-0.05, 0) is 81.0 Å². The van der Waals surface area contributed by atoms with Gasteiger partial charge in [0.1, 0.15) is 6.04 Å². The molecule has 4 amide bonds. The van der Waals surface area contributed by atoms with E-state index in [1.165, 1.54) is 5.56 Å². The van der Waals surface area contributed by atoms with Gasteiger partial charge in [-0.1, -0.05) is 6.07 Å². The Morgan fingerprint density at radius 2 is 1.71 bits per heavy atom. The van der Waals surface area contributed by atoms with Crippen molar-refractivity contribution in [3.8, 4) is 11.3 Å². The highest BCUT2D eigenvalue weighted by molar-refractivity contribution is 6.23. The van der Waals surface area contributed by atoms with E-state index < -0.39 is 23.8 Å². The number of hydrogen-bond acceptors (Lipinski definition) is 9. The van der Waals surface area contributed by atoms with Crippen LogP contribution in [0.15, 0.2) is 48.8 Å². The smallest absolute Gasteiger partial charge is 0.262 e. The number of nitrogens with one attached hydrogen (secondary N) is 2. The highest BCUT2D eigenvalue weighted by atomic mass is 16.2. The van der Waals surface area contributed by atoms with Crippen LogP contribution in [-0.4, -0.2) is 85.9 Å². The van der Waals surface area contributed by atoms with E-state index in [4.69, 9.17) is 15.1 Å². The molecule has 0 bridgehead atoms. The van der Waals surface area contributed by atoms with Gasteiger partial charge in [0.25, 0.3) is 11.8 Å². The number of fused-ring (bicyclic) bond motifs is 2. The Hall–Kier alpha value is -4.97. The van der Waals surface area contributed by atoms with Crippen molar-refractivity contribution < 1.29 is 19.2 Å². The number of likely N-dealkylation sites (N-methyl/N-ethyl adjacent to an activating group) is 1. The number of amides is 4. The van der Waals surface area contributed by atoms with Gasteiger partial charge < -0.3 is 10.2 Å². The van der Waals surface area contributed by atoms with Gasteiger partial charge in [0, 0.05) is 55.3 Å². The number of nitrogens with zero attached hydrogens (tertiary/aromatic N) is 6. The maximum atomic E-state index is 13.2. The quantitative estimate of drug-likeness (QED) is 0.274. The molecule has 5 heterocycles. The summed E-state index contributed by atoms with van der Waals surface area (Å²) < 4.78 is 2.13. The second-order valence-electron chi connectivity index (χ2n) is 14.2. The fraction of sp³-hybridized carbons (Fsp3) is 0.417. The van der Waals surface area contributed by atoms with E-state index in [2.05, 4.69) is 51.7 Å². The van der Waals surface area contributed by atoms with Crippen LogP contribution < -0.4 is 10.6 Å². The lowest BCUT2D eigenvalue weighted by molar-refractivity contribution is -0.136. The average Bonchev–Trinajstić information content (AvgIpc) is 3.76. The van der Waals surface area contributed by atoms with Crippen LogP contribution in [0.1, 0.15) is 88.4 Å².